The van der Waals surface area contributed by atoms with Gasteiger partial charge in [-0.2, -0.15) is 13.2 Å². The van der Waals surface area contributed by atoms with E-state index >= 15 is 0 Å². The van der Waals surface area contributed by atoms with Gasteiger partial charge >= 0.3 is 6.18 Å². The molecule has 0 amide bonds. The SMILES string of the molecule is CCCN(CC(F)(F)F)c1ncc(Cl)cc1F. The van der Waals surface area contributed by atoms with Crippen molar-refractivity contribution in [3.05, 3.63) is 23.1 Å². The number of nitrogens with zero attached hydrogens (tertiary/aromatic N) is 2. The average molecular weight is 271 g/mol. The second-order valence-corrected chi connectivity index (χ2v) is 3.93. The van der Waals surface area contributed by atoms with Crippen LogP contribution in [-0.2, 0) is 0 Å². The van der Waals surface area contributed by atoms with Crippen molar-refractivity contribution in [1.82, 2.24) is 4.98 Å². The summed E-state index contributed by atoms with van der Waals surface area (Å²) in [6, 6.07) is 0.947. The first kappa shape index (κ1) is 14.0. The summed E-state index contributed by atoms with van der Waals surface area (Å²) in [4.78, 5) is 4.45. The Kier molecular flexibility index (Phi) is 4.56. The zero-order valence-corrected chi connectivity index (χ0v) is 9.82. The molecule has 7 heteroatoms. The number of pyridine rings is 1. The monoisotopic (exact) mass is 270 g/mol. The third-order valence-electron chi connectivity index (χ3n) is 1.95. The molecule has 0 aliphatic rings. The van der Waals surface area contributed by atoms with Crippen LogP contribution in [0.1, 0.15) is 13.3 Å². The Balaban J connectivity index is 2.97. The van der Waals surface area contributed by atoms with E-state index in [2.05, 4.69) is 4.98 Å². The van der Waals surface area contributed by atoms with E-state index in [9.17, 15) is 17.6 Å². The summed E-state index contributed by atoms with van der Waals surface area (Å²) in [5, 5.41) is 0.0507. The van der Waals surface area contributed by atoms with Gasteiger partial charge in [0.2, 0.25) is 0 Å². The first-order valence-electron chi connectivity index (χ1n) is 4.96. The van der Waals surface area contributed by atoms with E-state index in [0.717, 1.165) is 17.2 Å². The molecule has 0 atom stereocenters. The molecule has 0 saturated carbocycles. The molecule has 0 aliphatic heterocycles. The summed E-state index contributed by atoms with van der Waals surface area (Å²) in [5.74, 6) is -1.18. The summed E-state index contributed by atoms with van der Waals surface area (Å²) in [5.41, 5.74) is 0. The van der Waals surface area contributed by atoms with Crippen molar-refractivity contribution >= 4 is 17.4 Å². The fourth-order valence-corrected chi connectivity index (χ4v) is 1.53. The van der Waals surface area contributed by atoms with Crippen molar-refractivity contribution in [2.24, 2.45) is 0 Å². The largest absolute Gasteiger partial charge is 0.405 e. The predicted octanol–water partition coefficient (Wildman–Crippen LogP) is 3.65. The normalized spacial score (nSPS) is 11.6. The summed E-state index contributed by atoms with van der Waals surface area (Å²) < 4.78 is 50.4. The Morgan fingerprint density at radius 2 is 2.06 bits per heavy atom. The van der Waals surface area contributed by atoms with E-state index in [4.69, 9.17) is 11.6 Å². The summed E-state index contributed by atoms with van der Waals surface area (Å²) in [6.07, 6.45) is -2.82. The molecule has 0 spiro atoms. The molecule has 1 rings (SSSR count). The standard InChI is InChI=1S/C10H11ClF4N2/c1-2-3-17(6-10(13,14)15)9-8(12)4-7(11)5-16-9/h4-5H,2-3,6H2,1H3. The average Bonchev–Trinajstić information content (AvgIpc) is 2.14. The molecular weight excluding hydrogens is 260 g/mol. The Hall–Kier alpha value is -1.04. The highest BCUT2D eigenvalue weighted by Crippen LogP contribution is 2.24. The molecule has 1 heterocycles. The smallest absolute Gasteiger partial charge is 0.345 e. The van der Waals surface area contributed by atoms with Crippen LogP contribution in [0.4, 0.5) is 23.4 Å². The summed E-state index contributed by atoms with van der Waals surface area (Å²) in [7, 11) is 0. The van der Waals surface area contributed by atoms with Gasteiger partial charge in [-0.1, -0.05) is 18.5 Å². The number of aromatic nitrogens is 1. The lowest BCUT2D eigenvalue weighted by molar-refractivity contribution is -0.119. The molecule has 2 nitrogen and oxygen atoms in total. The van der Waals surface area contributed by atoms with Crippen molar-refractivity contribution in [3.8, 4) is 0 Å². The van der Waals surface area contributed by atoms with Gasteiger partial charge in [-0.3, -0.25) is 0 Å². The Labute approximate surface area is 101 Å². The fourth-order valence-electron chi connectivity index (χ4n) is 1.39. The lowest BCUT2D eigenvalue weighted by Crippen LogP contribution is -2.36. The van der Waals surface area contributed by atoms with Gasteiger partial charge in [-0.15, -0.1) is 0 Å². The highest BCUT2D eigenvalue weighted by Gasteiger charge is 2.32. The molecule has 1 aromatic rings. The maximum atomic E-state index is 13.4. The van der Waals surface area contributed by atoms with Gasteiger partial charge in [-0.25, -0.2) is 9.37 Å². The number of hydrogen-bond acceptors (Lipinski definition) is 2. The molecular formula is C10H11ClF4N2. The van der Waals surface area contributed by atoms with E-state index in [-0.39, 0.29) is 17.4 Å². The maximum Gasteiger partial charge on any atom is 0.405 e. The topological polar surface area (TPSA) is 16.1 Å². The van der Waals surface area contributed by atoms with E-state index in [1.807, 2.05) is 0 Å². The Bertz CT molecular complexity index is 381. The van der Waals surface area contributed by atoms with Crippen molar-refractivity contribution in [2.45, 2.75) is 19.5 Å². The van der Waals surface area contributed by atoms with Crippen LogP contribution in [0.5, 0.6) is 0 Å². The quantitative estimate of drug-likeness (QED) is 0.777. The second kappa shape index (κ2) is 5.53. The molecule has 1 aromatic heterocycles. The third kappa shape index (κ3) is 4.38. The lowest BCUT2D eigenvalue weighted by Gasteiger charge is -2.24. The molecule has 0 saturated heterocycles. The van der Waals surface area contributed by atoms with Crippen LogP contribution in [0.15, 0.2) is 12.3 Å². The van der Waals surface area contributed by atoms with Gasteiger partial charge in [0.05, 0.1) is 5.02 Å². The van der Waals surface area contributed by atoms with Crippen molar-refractivity contribution in [2.75, 3.05) is 18.0 Å². The maximum absolute atomic E-state index is 13.4. The molecule has 0 bridgehead atoms. The van der Waals surface area contributed by atoms with E-state index in [0.29, 0.717) is 6.42 Å². The molecule has 96 valence electrons. The van der Waals surface area contributed by atoms with Crippen LogP contribution in [0.3, 0.4) is 0 Å². The predicted molar refractivity (Wildman–Crippen MR) is 57.8 cm³/mol. The van der Waals surface area contributed by atoms with Crippen molar-refractivity contribution in [1.29, 1.82) is 0 Å². The molecule has 17 heavy (non-hydrogen) atoms. The first-order chi connectivity index (χ1) is 7.83. The number of anilines is 1. The number of hydrogen-bond donors (Lipinski definition) is 0. The van der Waals surface area contributed by atoms with Gasteiger partial charge in [-0.05, 0) is 12.5 Å². The highest BCUT2D eigenvalue weighted by atomic mass is 35.5. The van der Waals surface area contributed by atoms with Gasteiger partial charge in [0.15, 0.2) is 11.6 Å². The second-order valence-electron chi connectivity index (χ2n) is 3.50. The third-order valence-corrected chi connectivity index (χ3v) is 2.16. The Morgan fingerprint density at radius 3 is 2.53 bits per heavy atom. The number of halogens is 5. The number of rotatable bonds is 4. The zero-order valence-electron chi connectivity index (χ0n) is 9.06. The molecule has 0 unspecified atom stereocenters. The van der Waals surface area contributed by atoms with Crippen molar-refractivity contribution in [3.63, 3.8) is 0 Å². The van der Waals surface area contributed by atoms with Gasteiger partial charge in [0.1, 0.15) is 6.54 Å². The van der Waals surface area contributed by atoms with Crippen LogP contribution in [0, 0.1) is 5.82 Å². The van der Waals surface area contributed by atoms with Crippen LogP contribution >= 0.6 is 11.6 Å². The summed E-state index contributed by atoms with van der Waals surface area (Å²) in [6.45, 7) is 0.550. The lowest BCUT2D eigenvalue weighted by atomic mass is 10.3. The molecule has 0 radical (unpaired) electrons. The van der Waals surface area contributed by atoms with Crippen LogP contribution in [0.25, 0.3) is 0 Å². The van der Waals surface area contributed by atoms with Crippen LogP contribution in [0.2, 0.25) is 5.02 Å². The molecule has 0 N–H and O–H groups in total. The summed E-state index contributed by atoms with van der Waals surface area (Å²) >= 11 is 5.49. The van der Waals surface area contributed by atoms with Gasteiger partial charge in [0, 0.05) is 12.7 Å². The zero-order chi connectivity index (χ0) is 13.1. The van der Waals surface area contributed by atoms with Crippen LogP contribution in [-0.4, -0.2) is 24.2 Å². The molecule has 0 aromatic carbocycles. The number of alkyl halides is 3. The fraction of sp³-hybridized carbons (Fsp3) is 0.500. The highest BCUT2D eigenvalue weighted by molar-refractivity contribution is 6.30. The first-order valence-corrected chi connectivity index (χ1v) is 5.34. The minimum atomic E-state index is -4.40. The molecule has 0 fully saturated rings. The minimum absolute atomic E-state index is 0.0507. The van der Waals surface area contributed by atoms with Gasteiger partial charge < -0.3 is 4.90 Å². The Morgan fingerprint density at radius 1 is 1.41 bits per heavy atom. The van der Waals surface area contributed by atoms with Crippen molar-refractivity contribution < 1.29 is 17.6 Å². The van der Waals surface area contributed by atoms with E-state index < -0.39 is 18.5 Å². The van der Waals surface area contributed by atoms with E-state index in [1.165, 1.54) is 0 Å². The van der Waals surface area contributed by atoms with Gasteiger partial charge in [0.25, 0.3) is 0 Å². The minimum Gasteiger partial charge on any atom is -0.345 e. The van der Waals surface area contributed by atoms with Crippen LogP contribution < -0.4 is 4.90 Å². The molecule has 0 aliphatic carbocycles. The van der Waals surface area contributed by atoms with E-state index in [1.54, 1.807) is 6.92 Å².